The number of nitrogens with one attached hydrogen (secondary N) is 1. The summed E-state index contributed by atoms with van der Waals surface area (Å²) in [5.41, 5.74) is 3.04. The molecule has 0 saturated carbocycles. The largest absolute Gasteiger partial charge is 0.322 e. The van der Waals surface area contributed by atoms with Gasteiger partial charge in [0.25, 0.3) is 10.1 Å². The predicted octanol–water partition coefficient (Wildman–Crippen LogP) is 2.90. The maximum Gasteiger partial charge on any atom is 0.294 e. The van der Waals surface area contributed by atoms with Crippen molar-refractivity contribution in [3.63, 3.8) is 0 Å². The van der Waals surface area contributed by atoms with Gasteiger partial charge in [0.15, 0.2) is 0 Å². The van der Waals surface area contributed by atoms with Crippen LogP contribution in [0.25, 0.3) is 10.8 Å². The zero-order valence-electron chi connectivity index (χ0n) is 8.81. The van der Waals surface area contributed by atoms with Crippen LogP contribution < -0.4 is 11.3 Å². The molecule has 0 unspecified atom stereocenters. The number of hydrazine groups is 1. The van der Waals surface area contributed by atoms with Crippen LogP contribution in [0.5, 0.6) is 0 Å². The Morgan fingerprint density at radius 3 is 2.33 bits per heavy atom. The minimum absolute atomic E-state index is 0.184. The van der Waals surface area contributed by atoms with Gasteiger partial charge in [-0.3, -0.25) is 10.4 Å². The second kappa shape index (κ2) is 4.78. The minimum Gasteiger partial charge on any atom is -0.322 e. The Morgan fingerprint density at radius 1 is 1.11 bits per heavy atom. The van der Waals surface area contributed by atoms with E-state index in [0.717, 1.165) is 9.86 Å². The number of nitrogen functional groups attached to an aromatic ring is 1. The Balaban J connectivity index is 2.91. The van der Waals surface area contributed by atoms with Gasteiger partial charge in [-0.15, -0.1) is 0 Å². The number of rotatable bonds is 2. The van der Waals surface area contributed by atoms with Crippen LogP contribution in [0.3, 0.4) is 0 Å². The smallest absolute Gasteiger partial charge is 0.294 e. The Kier molecular flexibility index (Phi) is 3.65. The number of hydrogen-bond acceptors (Lipinski definition) is 4. The van der Waals surface area contributed by atoms with Crippen molar-refractivity contribution in [2.75, 3.05) is 5.43 Å². The lowest BCUT2D eigenvalue weighted by Gasteiger charge is -2.11. The van der Waals surface area contributed by atoms with Gasteiger partial charge in [-0.2, -0.15) is 8.42 Å². The lowest BCUT2D eigenvalue weighted by atomic mass is 10.1. The molecule has 0 radical (unpaired) electrons. The molecule has 0 spiro atoms. The molecule has 0 aromatic heterocycles. The van der Waals surface area contributed by atoms with Crippen molar-refractivity contribution in [1.82, 2.24) is 0 Å². The van der Waals surface area contributed by atoms with Crippen LogP contribution >= 0.6 is 31.9 Å². The molecular formula is C10H8Br2N2O3S. The van der Waals surface area contributed by atoms with Crippen molar-refractivity contribution < 1.29 is 13.0 Å². The molecule has 0 heterocycles. The van der Waals surface area contributed by atoms with E-state index in [4.69, 9.17) is 10.4 Å². The summed E-state index contributed by atoms with van der Waals surface area (Å²) in [7, 11) is -4.24. The molecule has 0 aliphatic carbocycles. The summed E-state index contributed by atoms with van der Waals surface area (Å²) in [6.07, 6.45) is 0. The van der Waals surface area contributed by atoms with Crippen LogP contribution in [0, 0.1) is 0 Å². The van der Waals surface area contributed by atoms with Crippen molar-refractivity contribution in [3.8, 4) is 0 Å². The van der Waals surface area contributed by atoms with E-state index in [2.05, 4.69) is 37.3 Å². The van der Waals surface area contributed by atoms with E-state index in [0.29, 0.717) is 15.5 Å². The van der Waals surface area contributed by atoms with Gasteiger partial charge in [0.2, 0.25) is 0 Å². The zero-order chi connectivity index (χ0) is 13.5. The van der Waals surface area contributed by atoms with E-state index >= 15 is 0 Å². The first-order valence-electron chi connectivity index (χ1n) is 4.70. The Morgan fingerprint density at radius 2 is 1.78 bits per heavy atom. The van der Waals surface area contributed by atoms with Crippen LogP contribution in [0.15, 0.2) is 38.1 Å². The highest BCUT2D eigenvalue weighted by atomic mass is 79.9. The van der Waals surface area contributed by atoms with Crippen LogP contribution in [0.4, 0.5) is 5.69 Å². The Hall–Kier alpha value is -0.670. The number of benzene rings is 2. The number of hydrogen-bond donors (Lipinski definition) is 3. The standard InChI is InChI=1S/C10H8Br2N2O3S/c11-8-4-9(12)10(14-13)7-3-5(18(15,16)17)1-2-6(7)8/h1-4,14H,13H2,(H,15,16,17). The lowest BCUT2D eigenvalue weighted by Crippen LogP contribution is -2.08. The molecule has 0 aliphatic heterocycles. The molecule has 0 fully saturated rings. The highest BCUT2D eigenvalue weighted by molar-refractivity contribution is 9.11. The number of nitrogens with two attached hydrogens (primary N) is 1. The van der Waals surface area contributed by atoms with Gasteiger partial charge in [0.1, 0.15) is 0 Å². The highest BCUT2D eigenvalue weighted by Gasteiger charge is 2.14. The van der Waals surface area contributed by atoms with E-state index in [1.807, 2.05) is 0 Å². The monoisotopic (exact) mass is 394 g/mol. The third-order valence-corrected chi connectivity index (χ3v) is 4.58. The first kappa shape index (κ1) is 13.8. The fraction of sp³-hybridized carbons (Fsp3) is 0. The molecule has 2 aromatic rings. The van der Waals surface area contributed by atoms with Crippen molar-refractivity contribution in [1.29, 1.82) is 0 Å². The van der Waals surface area contributed by atoms with E-state index < -0.39 is 10.1 Å². The average molecular weight is 396 g/mol. The number of fused-ring (bicyclic) bond motifs is 1. The SMILES string of the molecule is NNc1c(Br)cc(Br)c2ccc(S(=O)(=O)O)cc12. The molecule has 2 rings (SSSR count). The summed E-state index contributed by atoms with van der Waals surface area (Å²) in [4.78, 5) is -0.184. The maximum absolute atomic E-state index is 11.1. The summed E-state index contributed by atoms with van der Waals surface area (Å²) < 4.78 is 32.8. The van der Waals surface area contributed by atoms with Crippen LogP contribution in [0.2, 0.25) is 0 Å². The fourth-order valence-electron chi connectivity index (χ4n) is 1.64. The van der Waals surface area contributed by atoms with E-state index in [1.165, 1.54) is 12.1 Å². The molecule has 0 bridgehead atoms. The van der Waals surface area contributed by atoms with Crippen LogP contribution in [0.1, 0.15) is 0 Å². The molecule has 18 heavy (non-hydrogen) atoms. The molecule has 96 valence electrons. The van der Waals surface area contributed by atoms with Gasteiger partial charge in [0, 0.05) is 14.3 Å². The first-order chi connectivity index (χ1) is 8.34. The van der Waals surface area contributed by atoms with Crippen molar-refractivity contribution in [2.24, 2.45) is 5.84 Å². The maximum atomic E-state index is 11.1. The van der Waals surface area contributed by atoms with Crippen LogP contribution in [-0.4, -0.2) is 13.0 Å². The molecule has 0 atom stereocenters. The topological polar surface area (TPSA) is 92.4 Å². The molecule has 0 aliphatic rings. The lowest BCUT2D eigenvalue weighted by molar-refractivity contribution is 0.483. The Labute approximate surface area is 120 Å². The van der Waals surface area contributed by atoms with Gasteiger partial charge < -0.3 is 5.43 Å². The average Bonchev–Trinajstić information content (AvgIpc) is 2.27. The third kappa shape index (κ3) is 2.39. The normalized spacial score (nSPS) is 11.8. The number of halogens is 2. The van der Waals surface area contributed by atoms with Gasteiger partial charge in [-0.1, -0.05) is 22.0 Å². The fourth-order valence-corrected chi connectivity index (χ4v) is 3.58. The van der Waals surface area contributed by atoms with E-state index in [-0.39, 0.29) is 4.90 Å². The van der Waals surface area contributed by atoms with Crippen LogP contribution in [-0.2, 0) is 10.1 Å². The third-order valence-electron chi connectivity index (χ3n) is 2.45. The van der Waals surface area contributed by atoms with Gasteiger partial charge >= 0.3 is 0 Å². The van der Waals surface area contributed by atoms with Crippen molar-refractivity contribution in [3.05, 3.63) is 33.2 Å². The second-order valence-electron chi connectivity index (χ2n) is 3.54. The predicted molar refractivity (Wildman–Crippen MR) is 77.0 cm³/mol. The highest BCUT2D eigenvalue weighted by Crippen LogP contribution is 2.37. The van der Waals surface area contributed by atoms with Crippen molar-refractivity contribution >= 4 is 58.4 Å². The number of anilines is 1. The summed E-state index contributed by atoms with van der Waals surface area (Å²) in [5, 5.41) is 1.35. The van der Waals surface area contributed by atoms with E-state index in [9.17, 15) is 8.42 Å². The molecule has 0 amide bonds. The first-order valence-corrected chi connectivity index (χ1v) is 7.73. The van der Waals surface area contributed by atoms with Crippen molar-refractivity contribution in [2.45, 2.75) is 4.90 Å². The summed E-state index contributed by atoms with van der Waals surface area (Å²) in [6.45, 7) is 0. The molecule has 8 heteroatoms. The second-order valence-corrected chi connectivity index (χ2v) is 6.67. The zero-order valence-corrected chi connectivity index (χ0v) is 12.8. The van der Waals surface area contributed by atoms with Gasteiger partial charge in [-0.05, 0) is 39.5 Å². The van der Waals surface area contributed by atoms with Gasteiger partial charge in [0.05, 0.1) is 10.6 Å². The van der Waals surface area contributed by atoms with E-state index in [1.54, 1.807) is 12.1 Å². The molecular weight excluding hydrogens is 388 g/mol. The summed E-state index contributed by atoms with van der Waals surface area (Å²) in [5.74, 6) is 5.42. The Bertz CT molecular complexity index is 731. The minimum atomic E-state index is -4.24. The molecule has 5 nitrogen and oxygen atoms in total. The molecule has 0 saturated heterocycles. The van der Waals surface area contributed by atoms with Gasteiger partial charge in [-0.25, -0.2) is 0 Å². The summed E-state index contributed by atoms with van der Waals surface area (Å²) in [6, 6.07) is 6.08. The molecule has 4 N–H and O–H groups in total. The molecule has 2 aromatic carbocycles. The quantitative estimate of drug-likeness (QED) is 0.413. The summed E-state index contributed by atoms with van der Waals surface area (Å²) >= 11 is 6.69.